The van der Waals surface area contributed by atoms with Gasteiger partial charge >= 0.3 is 8.60 Å². The van der Waals surface area contributed by atoms with Crippen LogP contribution in [-0.2, 0) is 11.1 Å². The summed E-state index contributed by atoms with van der Waals surface area (Å²) in [6.45, 7) is 19.4. The molecule has 0 N–H and O–H groups in total. The summed E-state index contributed by atoms with van der Waals surface area (Å²) in [5.74, 6) is 4.04. The second-order valence-corrected chi connectivity index (χ2v) is 13.8. The molecule has 1 atom stereocenters. The number of rotatable bonds is 14. The predicted octanol–water partition coefficient (Wildman–Crippen LogP) is 11.8. The van der Waals surface area contributed by atoms with Gasteiger partial charge in [0.05, 0.1) is 6.61 Å². The Labute approximate surface area is 267 Å². The molecule has 234 valence electrons. The van der Waals surface area contributed by atoms with E-state index in [0.29, 0.717) is 11.7 Å². The molecule has 1 unspecified atom stereocenters. The molecule has 5 nitrogen and oxygen atoms in total. The summed E-state index contributed by atoms with van der Waals surface area (Å²) in [5, 5.41) is 0. The molecule has 0 radical (unpaired) electrons. The SMILES string of the molecule is Cc1ccc(C(C)C)c(OPOc2ccccc2COP(Oc2cc(C)ccc2C(C)C)Oc2cc(C)ccc2C(C)C)c1. The molecular weight excluding hydrogens is 586 g/mol. The first kappa shape index (κ1) is 33.8. The van der Waals surface area contributed by atoms with E-state index < -0.39 is 8.60 Å². The van der Waals surface area contributed by atoms with Crippen molar-refractivity contribution in [1.29, 1.82) is 0 Å². The van der Waals surface area contributed by atoms with Gasteiger partial charge < -0.3 is 18.1 Å². The number of hydrogen-bond donors (Lipinski definition) is 0. The molecule has 0 bridgehead atoms. The van der Waals surface area contributed by atoms with E-state index in [4.69, 9.17) is 22.6 Å². The summed E-state index contributed by atoms with van der Waals surface area (Å²) in [5.41, 5.74) is 7.67. The Hall–Kier alpha value is -3.10. The molecule has 0 amide bonds. The maximum absolute atomic E-state index is 6.57. The molecule has 0 saturated heterocycles. The van der Waals surface area contributed by atoms with Crippen LogP contribution in [0.4, 0.5) is 0 Å². The first-order valence-electron chi connectivity index (χ1n) is 15.3. The molecule has 4 rings (SSSR count). The Balaban J connectivity index is 1.55. The molecule has 7 heteroatoms. The van der Waals surface area contributed by atoms with Gasteiger partial charge in [-0.25, -0.2) is 0 Å². The highest BCUT2D eigenvalue weighted by Gasteiger charge is 2.23. The van der Waals surface area contributed by atoms with Gasteiger partial charge in [0, 0.05) is 5.56 Å². The lowest BCUT2D eigenvalue weighted by molar-refractivity contribution is 0.253. The van der Waals surface area contributed by atoms with E-state index in [1.165, 1.54) is 0 Å². The van der Waals surface area contributed by atoms with Crippen molar-refractivity contribution in [2.45, 2.75) is 86.7 Å². The third kappa shape index (κ3) is 9.21. The lowest BCUT2D eigenvalue weighted by Crippen LogP contribution is -2.05. The van der Waals surface area contributed by atoms with Crippen molar-refractivity contribution in [3.05, 3.63) is 118 Å². The molecule has 0 fully saturated rings. The molecule has 0 aliphatic carbocycles. The number of para-hydroxylation sites is 1. The third-order valence-corrected chi connectivity index (χ3v) is 8.96. The zero-order chi connectivity index (χ0) is 31.8. The van der Waals surface area contributed by atoms with Gasteiger partial charge in [-0.15, -0.1) is 0 Å². The van der Waals surface area contributed by atoms with Crippen LogP contribution in [0.1, 0.15) is 98.2 Å². The summed E-state index contributed by atoms with van der Waals surface area (Å²) in [6.07, 6.45) is 0. The van der Waals surface area contributed by atoms with Gasteiger partial charge in [-0.05, 0) is 96.2 Å². The monoisotopic (exact) mass is 632 g/mol. The van der Waals surface area contributed by atoms with E-state index in [-0.39, 0.29) is 27.5 Å². The van der Waals surface area contributed by atoms with E-state index in [1.807, 2.05) is 24.3 Å². The van der Waals surface area contributed by atoms with Crippen molar-refractivity contribution in [3.63, 3.8) is 0 Å². The van der Waals surface area contributed by atoms with Crippen LogP contribution in [-0.4, -0.2) is 0 Å². The zero-order valence-corrected chi connectivity index (χ0v) is 29.3. The Morgan fingerprint density at radius 2 is 0.977 bits per heavy atom. The highest BCUT2D eigenvalue weighted by molar-refractivity contribution is 7.42. The molecule has 0 aliphatic rings. The first-order valence-corrected chi connectivity index (χ1v) is 17.2. The topological polar surface area (TPSA) is 46.2 Å². The highest BCUT2D eigenvalue weighted by atomic mass is 31.2. The average molecular weight is 633 g/mol. The van der Waals surface area contributed by atoms with Gasteiger partial charge in [-0.2, -0.15) is 0 Å². The van der Waals surface area contributed by atoms with Crippen LogP contribution < -0.4 is 18.1 Å². The van der Waals surface area contributed by atoms with E-state index in [0.717, 1.165) is 56.2 Å². The molecule has 0 heterocycles. The Kier molecular flexibility index (Phi) is 12.1. The predicted molar refractivity (Wildman–Crippen MR) is 185 cm³/mol. The average Bonchev–Trinajstić information content (AvgIpc) is 2.96. The van der Waals surface area contributed by atoms with E-state index in [9.17, 15) is 0 Å². The first-order chi connectivity index (χ1) is 21.0. The van der Waals surface area contributed by atoms with Gasteiger partial charge in [-0.3, -0.25) is 4.52 Å². The van der Waals surface area contributed by atoms with Gasteiger partial charge in [0.1, 0.15) is 23.0 Å². The smallest absolute Gasteiger partial charge is 0.440 e. The van der Waals surface area contributed by atoms with Crippen molar-refractivity contribution in [3.8, 4) is 23.0 Å². The van der Waals surface area contributed by atoms with Crippen LogP contribution in [0.5, 0.6) is 23.0 Å². The minimum Gasteiger partial charge on any atom is -0.440 e. The van der Waals surface area contributed by atoms with Gasteiger partial charge in [-0.1, -0.05) is 96.1 Å². The molecule has 0 aromatic heterocycles. The largest absolute Gasteiger partial charge is 0.463 e. The van der Waals surface area contributed by atoms with Crippen LogP contribution in [0.3, 0.4) is 0 Å². The fourth-order valence-corrected chi connectivity index (χ4v) is 6.41. The lowest BCUT2D eigenvalue weighted by Gasteiger charge is -2.23. The van der Waals surface area contributed by atoms with Crippen LogP contribution >= 0.6 is 17.6 Å². The minimum absolute atomic E-state index is 0.202. The van der Waals surface area contributed by atoms with Crippen LogP contribution in [0.15, 0.2) is 78.9 Å². The minimum atomic E-state index is -1.80. The fraction of sp³-hybridized carbons (Fsp3) is 0.351. The molecule has 44 heavy (non-hydrogen) atoms. The summed E-state index contributed by atoms with van der Waals surface area (Å²) < 4.78 is 31.9. The molecular formula is C37H46O5P2. The van der Waals surface area contributed by atoms with Crippen molar-refractivity contribution in [2.24, 2.45) is 0 Å². The zero-order valence-electron chi connectivity index (χ0n) is 27.4. The van der Waals surface area contributed by atoms with Gasteiger partial charge in [0.15, 0.2) is 0 Å². The van der Waals surface area contributed by atoms with Gasteiger partial charge in [0.25, 0.3) is 9.03 Å². The van der Waals surface area contributed by atoms with Crippen molar-refractivity contribution >= 4 is 17.6 Å². The van der Waals surface area contributed by atoms with E-state index in [1.54, 1.807) is 0 Å². The quantitative estimate of drug-likeness (QED) is 0.129. The van der Waals surface area contributed by atoms with Crippen molar-refractivity contribution < 1.29 is 22.6 Å². The molecule has 4 aromatic carbocycles. The van der Waals surface area contributed by atoms with E-state index in [2.05, 4.69) is 117 Å². The summed E-state index contributed by atoms with van der Waals surface area (Å²) in [6, 6.07) is 26.8. The molecule has 0 saturated carbocycles. The number of hydrogen-bond acceptors (Lipinski definition) is 5. The Morgan fingerprint density at radius 1 is 0.545 bits per heavy atom. The summed E-state index contributed by atoms with van der Waals surface area (Å²) in [7, 11) is -2.01. The van der Waals surface area contributed by atoms with Crippen LogP contribution in [0, 0.1) is 20.8 Å². The van der Waals surface area contributed by atoms with Crippen molar-refractivity contribution in [2.75, 3.05) is 0 Å². The summed E-state index contributed by atoms with van der Waals surface area (Å²) >= 11 is 0. The second kappa shape index (κ2) is 15.8. The second-order valence-electron chi connectivity index (χ2n) is 12.2. The summed E-state index contributed by atoms with van der Waals surface area (Å²) in [4.78, 5) is 0. The number of aryl methyl sites for hydroxylation is 3. The van der Waals surface area contributed by atoms with Gasteiger partial charge in [0.2, 0.25) is 0 Å². The third-order valence-electron chi connectivity index (χ3n) is 7.32. The standard InChI is InChI=1S/C37H46O5P2/c1-24(2)31-17-14-27(7)20-35(31)40-43-39-34-13-11-10-12-30(34)23-38-44(41-36-21-28(8)15-18-32(36)25(3)4)42-37-22-29(9)16-19-33(37)26(5)6/h10-22,24-26,43H,23H2,1-9H3. The number of benzene rings is 4. The lowest BCUT2D eigenvalue weighted by atomic mass is 10.0. The molecule has 0 spiro atoms. The van der Waals surface area contributed by atoms with E-state index >= 15 is 0 Å². The molecule has 0 aliphatic heterocycles. The Morgan fingerprint density at radius 3 is 1.48 bits per heavy atom. The fourth-order valence-electron chi connectivity index (χ4n) is 4.79. The Bertz CT molecular complexity index is 1470. The maximum atomic E-state index is 6.57. The van der Waals surface area contributed by atoms with Crippen molar-refractivity contribution in [1.82, 2.24) is 0 Å². The normalized spacial score (nSPS) is 11.8. The highest BCUT2D eigenvalue weighted by Crippen LogP contribution is 2.47. The maximum Gasteiger partial charge on any atom is 0.463 e. The molecule has 4 aromatic rings. The van der Waals surface area contributed by atoms with Crippen LogP contribution in [0.25, 0.3) is 0 Å². The van der Waals surface area contributed by atoms with Crippen LogP contribution in [0.2, 0.25) is 0 Å².